The fourth-order valence-corrected chi connectivity index (χ4v) is 5.75. The van der Waals surface area contributed by atoms with E-state index in [0.717, 1.165) is 64.2 Å². The van der Waals surface area contributed by atoms with E-state index in [1.165, 1.54) is 19.3 Å². The van der Waals surface area contributed by atoms with E-state index in [0.29, 0.717) is 36.7 Å². The molecule has 0 bridgehead atoms. The third kappa shape index (κ3) is 40.8. The zero-order valence-corrected chi connectivity index (χ0v) is 36.9. The molecule has 324 valence electrons. The molecule has 0 rings (SSSR count). The van der Waals surface area contributed by atoms with Gasteiger partial charge in [0.25, 0.3) is 7.82 Å². The highest BCUT2D eigenvalue weighted by atomic mass is 31.2. The Hall–Kier alpha value is -3.14. The number of nitrogens with zero attached hydrogens (tertiary/aromatic N) is 1. The highest BCUT2D eigenvalue weighted by Gasteiger charge is 2.21. The number of ether oxygens (including phenoxy) is 2. The van der Waals surface area contributed by atoms with Crippen LogP contribution in [0.3, 0.4) is 0 Å². The smallest absolute Gasteiger partial charge is 0.306 e. The maximum absolute atomic E-state index is 12.6. The molecular weight excluding hydrogens is 741 g/mol. The van der Waals surface area contributed by atoms with Crippen molar-refractivity contribution in [2.75, 3.05) is 47.5 Å². The number of hydrogen-bond acceptors (Lipinski definition) is 9. The SMILES string of the molecule is CC/C=C\C/C=C\C/C=C\C/C=C\C/C=C\CCCC(=O)O[C@H](COC(=O)CCCCCCCC(=O)/C=C/C=C\CCCCC)COP(=O)([O-])OCC[N+](C)(C)C. The fourth-order valence-electron chi connectivity index (χ4n) is 5.02. The van der Waals surface area contributed by atoms with Crippen LogP contribution in [0.5, 0.6) is 0 Å². The second-order valence-electron chi connectivity index (χ2n) is 15.0. The summed E-state index contributed by atoms with van der Waals surface area (Å²) in [6.45, 7) is 3.82. The molecule has 0 aromatic heterocycles. The highest BCUT2D eigenvalue weighted by molar-refractivity contribution is 7.45. The van der Waals surface area contributed by atoms with Gasteiger partial charge in [0.1, 0.15) is 19.8 Å². The summed E-state index contributed by atoms with van der Waals surface area (Å²) in [5, 5.41) is 0. The van der Waals surface area contributed by atoms with Crippen molar-refractivity contribution in [3.63, 3.8) is 0 Å². The number of ketones is 1. The number of likely N-dealkylation sites (N-methyl/N-ethyl adjacent to an activating group) is 1. The number of quaternary nitrogens is 1. The summed E-state index contributed by atoms with van der Waals surface area (Å²) in [7, 11) is 1.05. The van der Waals surface area contributed by atoms with Crippen LogP contribution in [0.15, 0.2) is 85.1 Å². The lowest BCUT2D eigenvalue weighted by atomic mass is 10.1. The Morgan fingerprint density at radius 2 is 1.18 bits per heavy atom. The largest absolute Gasteiger partial charge is 0.756 e. The number of unbranched alkanes of at least 4 members (excludes halogenated alkanes) is 8. The van der Waals surface area contributed by atoms with Gasteiger partial charge in [-0.1, -0.05) is 125 Å². The Bertz CT molecular complexity index is 1310. The first-order chi connectivity index (χ1) is 27.4. The van der Waals surface area contributed by atoms with Gasteiger partial charge < -0.3 is 27.9 Å². The van der Waals surface area contributed by atoms with E-state index < -0.39 is 32.5 Å². The lowest BCUT2D eigenvalue weighted by Crippen LogP contribution is -2.37. The second-order valence-corrected chi connectivity index (χ2v) is 16.4. The maximum Gasteiger partial charge on any atom is 0.306 e. The van der Waals surface area contributed by atoms with E-state index in [-0.39, 0.29) is 31.8 Å². The number of phosphoric acid groups is 1. The normalized spacial score (nSPS) is 14.4. The molecule has 0 fully saturated rings. The monoisotopic (exact) mass is 818 g/mol. The molecule has 0 aromatic rings. The van der Waals surface area contributed by atoms with Gasteiger partial charge in [-0.05, 0) is 76.7 Å². The van der Waals surface area contributed by atoms with Crippen molar-refractivity contribution in [2.45, 2.75) is 142 Å². The lowest BCUT2D eigenvalue weighted by Gasteiger charge is -2.28. The van der Waals surface area contributed by atoms with Gasteiger partial charge in [-0.2, -0.15) is 0 Å². The Labute approximate surface area is 346 Å². The van der Waals surface area contributed by atoms with E-state index in [1.807, 2.05) is 45.4 Å². The molecule has 0 aliphatic carbocycles. The highest BCUT2D eigenvalue weighted by Crippen LogP contribution is 2.38. The van der Waals surface area contributed by atoms with Crippen molar-refractivity contribution in [3.8, 4) is 0 Å². The van der Waals surface area contributed by atoms with Crippen LogP contribution in [-0.2, 0) is 37.5 Å². The Morgan fingerprint density at radius 1 is 0.614 bits per heavy atom. The molecule has 0 aromatic carbocycles. The van der Waals surface area contributed by atoms with E-state index in [1.54, 1.807) is 6.08 Å². The summed E-state index contributed by atoms with van der Waals surface area (Å²) < 4.78 is 33.7. The summed E-state index contributed by atoms with van der Waals surface area (Å²) in [5.74, 6) is -0.890. The van der Waals surface area contributed by atoms with Crippen molar-refractivity contribution in [1.29, 1.82) is 0 Å². The molecule has 0 spiro atoms. The molecule has 0 saturated heterocycles. The predicted octanol–water partition coefficient (Wildman–Crippen LogP) is 10.6. The minimum atomic E-state index is -4.67. The molecule has 1 unspecified atom stereocenters. The van der Waals surface area contributed by atoms with Crippen LogP contribution in [0.1, 0.15) is 136 Å². The van der Waals surface area contributed by atoms with Crippen LogP contribution < -0.4 is 4.89 Å². The number of phosphoric ester groups is 1. The average Bonchev–Trinajstić information content (AvgIpc) is 3.15. The van der Waals surface area contributed by atoms with Gasteiger partial charge in [0.15, 0.2) is 11.9 Å². The fraction of sp³-hybridized carbons (Fsp3) is 0.630. The zero-order valence-electron chi connectivity index (χ0n) is 36.0. The first-order valence-electron chi connectivity index (χ1n) is 21.2. The average molecular weight is 818 g/mol. The van der Waals surface area contributed by atoms with E-state index in [9.17, 15) is 23.8 Å². The molecule has 10 nitrogen and oxygen atoms in total. The zero-order chi connectivity index (χ0) is 42.3. The van der Waals surface area contributed by atoms with Gasteiger partial charge in [-0.3, -0.25) is 18.9 Å². The number of carbonyl (C=O) groups excluding carboxylic acids is 3. The van der Waals surface area contributed by atoms with Crippen molar-refractivity contribution in [2.24, 2.45) is 0 Å². The number of carbonyl (C=O) groups is 3. The van der Waals surface area contributed by atoms with Gasteiger partial charge >= 0.3 is 11.9 Å². The van der Waals surface area contributed by atoms with Crippen LogP contribution in [0.25, 0.3) is 0 Å². The predicted molar refractivity (Wildman–Crippen MR) is 231 cm³/mol. The summed E-state index contributed by atoms with van der Waals surface area (Å²) in [6, 6.07) is 0. The Balaban J connectivity index is 4.59. The van der Waals surface area contributed by atoms with Crippen molar-refractivity contribution in [3.05, 3.63) is 85.1 Å². The van der Waals surface area contributed by atoms with Crippen LogP contribution in [0.2, 0.25) is 0 Å². The van der Waals surface area contributed by atoms with Crippen LogP contribution in [0.4, 0.5) is 0 Å². The summed E-state index contributed by atoms with van der Waals surface area (Å²) in [5.41, 5.74) is 0. The van der Waals surface area contributed by atoms with Gasteiger partial charge in [-0.25, -0.2) is 0 Å². The Morgan fingerprint density at radius 3 is 1.79 bits per heavy atom. The second kappa shape index (κ2) is 37.2. The molecule has 11 heteroatoms. The molecule has 0 amide bonds. The molecule has 0 heterocycles. The quantitative estimate of drug-likeness (QED) is 0.0114. The topological polar surface area (TPSA) is 128 Å². The molecule has 0 saturated carbocycles. The van der Waals surface area contributed by atoms with Crippen molar-refractivity contribution in [1.82, 2.24) is 0 Å². The molecule has 57 heavy (non-hydrogen) atoms. The molecule has 0 aliphatic heterocycles. The van der Waals surface area contributed by atoms with Gasteiger partial charge in [0.2, 0.25) is 0 Å². The standard InChI is InChI=1S/C46H76NO9P/c1-6-8-10-12-14-15-16-17-18-19-20-21-22-23-25-29-34-38-46(50)56-44(42-55-57(51,52)54-40-39-47(3,4)5)41-53-45(49)37-33-30-26-28-32-36-43(48)35-31-27-24-13-11-9-7-2/h8,10,14-15,17-18,20-21,23-25,27,31,35,44H,6-7,9,11-13,16,19,22,26,28-30,32-34,36-42H2,1-5H3/b10-8-,15-14-,18-17-,21-20-,25-23-,27-24-,35-31+/t44-/m1/s1. The van der Waals surface area contributed by atoms with Gasteiger partial charge in [0.05, 0.1) is 27.7 Å². The van der Waals surface area contributed by atoms with Crippen LogP contribution in [-0.4, -0.2) is 75.8 Å². The van der Waals surface area contributed by atoms with E-state index in [2.05, 4.69) is 68.5 Å². The molecule has 0 radical (unpaired) electrons. The van der Waals surface area contributed by atoms with Crippen LogP contribution in [0, 0.1) is 0 Å². The number of esters is 2. The molecular formula is C46H76NO9P. The summed E-state index contributed by atoms with van der Waals surface area (Å²) in [4.78, 5) is 49.5. The summed E-state index contributed by atoms with van der Waals surface area (Å²) >= 11 is 0. The number of allylic oxidation sites excluding steroid dienone is 14. The van der Waals surface area contributed by atoms with Gasteiger partial charge in [0, 0.05) is 19.3 Å². The number of hydrogen-bond donors (Lipinski definition) is 0. The summed E-state index contributed by atoms with van der Waals surface area (Å²) in [6.07, 6.45) is 43.0. The first-order valence-corrected chi connectivity index (χ1v) is 22.7. The third-order valence-corrected chi connectivity index (χ3v) is 9.34. The minimum absolute atomic E-state index is 0.0657. The lowest BCUT2D eigenvalue weighted by molar-refractivity contribution is -0.870. The Kier molecular flexibility index (Phi) is 35.1. The van der Waals surface area contributed by atoms with Crippen LogP contribution >= 0.6 is 7.82 Å². The third-order valence-electron chi connectivity index (χ3n) is 8.38. The molecule has 2 atom stereocenters. The number of rotatable bonds is 37. The maximum atomic E-state index is 12.6. The van der Waals surface area contributed by atoms with Gasteiger partial charge in [-0.15, -0.1) is 0 Å². The van der Waals surface area contributed by atoms with E-state index in [4.69, 9.17) is 18.5 Å². The molecule has 0 aliphatic rings. The van der Waals surface area contributed by atoms with E-state index >= 15 is 0 Å². The first kappa shape index (κ1) is 53.9. The molecule has 0 N–H and O–H groups in total. The van der Waals surface area contributed by atoms with Crippen molar-refractivity contribution < 1.29 is 46.8 Å². The minimum Gasteiger partial charge on any atom is -0.756 e. The van der Waals surface area contributed by atoms with Crippen molar-refractivity contribution >= 4 is 25.5 Å².